The van der Waals surface area contributed by atoms with Crippen molar-refractivity contribution in [3.63, 3.8) is 0 Å². The predicted octanol–water partition coefficient (Wildman–Crippen LogP) is 2.25. The minimum Gasteiger partial charge on any atom is -0.383 e. The van der Waals surface area contributed by atoms with E-state index in [1.165, 1.54) is 17.3 Å². The van der Waals surface area contributed by atoms with Gasteiger partial charge in [-0.05, 0) is 36.8 Å². The Balaban J connectivity index is 1.52. The molecule has 1 saturated heterocycles. The minimum absolute atomic E-state index is 0.438. The standard InChI is InChI=1S/C16H22N6S/c1-23-16-20-14(17)10-15(21-16)19-13-4-8-22(9-5-13)11-12-2-6-18-7-3-12/h2-3,6-7,10,13H,4-5,8-9,11H2,1H3,(H3,17,19,20,21). The van der Waals surface area contributed by atoms with Gasteiger partial charge in [0.1, 0.15) is 11.6 Å². The van der Waals surface area contributed by atoms with Crippen LogP contribution < -0.4 is 11.1 Å². The lowest BCUT2D eigenvalue weighted by Crippen LogP contribution is -2.38. The summed E-state index contributed by atoms with van der Waals surface area (Å²) in [6, 6.07) is 6.41. The first-order valence-corrected chi connectivity index (χ1v) is 9.02. The van der Waals surface area contributed by atoms with Crippen molar-refractivity contribution in [2.24, 2.45) is 0 Å². The van der Waals surface area contributed by atoms with E-state index in [0.717, 1.165) is 38.3 Å². The highest BCUT2D eigenvalue weighted by atomic mass is 32.2. The van der Waals surface area contributed by atoms with E-state index in [-0.39, 0.29) is 0 Å². The first-order valence-electron chi connectivity index (χ1n) is 7.79. The van der Waals surface area contributed by atoms with Crippen molar-refractivity contribution in [2.75, 3.05) is 30.4 Å². The second-order valence-electron chi connectivity index (χ2n) is 5.71. The molecular weight excluding hydrogens is 308 g/mol. The normalized spacial score (nSPS) is 16.4. The van der Waals surface area contributed by atoms with Crippen LogP contribution >= 0.6 is 11.8 Å². The summed E-state index contributed by atoms with van der Waals surface area (Å²) in [5.41, 5.74) is 7.15. The summed E-state index contributed by atoms with van der Waals surface area (Å²) in [6.45, 7) is 3.15. The largest absolute Gasteiger partial charge is 0.383 e. The minimum atomic E-state index is 0.438. The zero-order chi connectivity index (χ0) is 16.1. The van der Waals surface area contributed by atoms with Crippen LogP contribution in [-0.2, 0) is 6.54 Å². The van der Waals surface area contributed by atoms with Crippen LogP contribution in [0.25, 0.3) is 0 Å². The number of nitrogens with two attached hydrogens (primary N) is 1. The molecule has 6 nitrogen and oxygen atoms in total. The molecule has 1 aliphatic rings. The van der Waals surface area contributed by atoms with Crippen molar-refractivity contribution in [1.29, 1.82) is 0 Å². The van der Waals surface area contributed by atoms with E-state index < -0.39 is 0 Å². The highest BCUT2D eigenvalue weighted by Crippen LogP contribution is 2.20. The van der Waals surface area contributed by atoms with Crippen LogP contribution in [0.4, 0.5) is 11.6 Å². The highest BCUT2D eigenvalue weighted by molar-refractivity contribution is 7.98. The number of rotatable bonds is 5. The van der Waals surface area contributed by atoms with Crippen LogP contribution in [0.3, 0.4) is 0 Å². The van der Waals surface area contributed by atoms with E-state index in [2.05, 4.69) is 37.3 Å². The van der Waals surface area contributed by atoms with Crippen LogP contribution in [0, 0.1) is 0 Å². The number of likely N-dealkylation sites (tertiary alicyclic amines) is 1. The summed E-state index contributed by atoms with van der Waals surface area (Å²) in [7, 11) is 0. The number of aromatic nitrogens is 3. The molecule has 2 aromatic rings. The van der Waals surface area contributed by atoms with Gasteiger partial charge in [0.25, 0.3) is 0 Å². The molecule has 1 fully saturated rings. The molecule has 23 heavy (non-hydrogen) atoms. The molecule has 3 heterocycles. The van der Waals surface area contributed by atoms with E-state index in [4.69, 9.17) is 5.73 Å². The highest BCUT2D eigenvalue weighted by Gasteiger charge is 2.19. The van der Waals surface area contributed by atoms with Gasteiger partial charge in [-0.2, -0.15) is 0 Å². The number of nitrogen functional groups attached to an aromatic ring is 1. The summed E-state index contributed by atoms with van der Waals surface area (Å²) in [4.78, 5) is 15.2. The smallest absolute Gasteiger partial charge is 0.191 e. The topological polar surface area (TPSA) is 80.0 Å². The predicted molar refractivity (Wildman–Crippen MR) is 94.4 cm³/mol. The van der Waals surface area contributed by atoms with Gasteiger partial charge in [0.05, 0.1) is 0 Å². The van der Waals surface area contributed by atoms with E-state index in [0.29, 0.717) is 17.0 Å². The molecule has 0 aliphatic carbocycles. The van der Waals surface area contributed by atoms with E-state index in [1.807, 2.05) is 24.7 Å². The molecule has 2 aromatic heterocycles. The van der Waals surface area contributed by atoms with Crippen molar-refractivity contribution >= 4 is 23.4 Å². The third-order valence-corrected chi connectivity index (χ3v) is 4.55. The monoisotopic (exact) mass is 330 g/mol. The van der Waals surface area contributed by atoms with Crippen molar-refractivity contribution in [1.82, 2.24) is 19.9 Å². The van der Waals surface area contributed by atoms with Crippen LogP contribution in [0.5, 0.6) is 0 Å². The van der Waals surface area contributed by atoms with Crippen molar-refractivity contribution in [3.8, 4) is 0 Å². The molecule has 0 amide bonds. The molecule has 0 unspecified atom stereocenters. The molecule has 0 radical (unpaired) electrons. The van der Waals surface area contributed by atoms with Crippen molar-refractivity contribution in [3.05, 3.63) is 36.2 Å². The molecule has 3 N–H and O–H groups in total. The maximum absolute atomic E-state index is 5.83. The van der Waals surface area contributed by atoms with Crippen LogP contribution in [0.1, 0.15) is 18.4 Å². The molecule has 0 bridgehead atoms. The second-order valence-corrected chi connectivity index (χ2v) is 6.49. The molecule has 0 spiro atoms. The Labute approximate surface area is 140 Å². The molecule has 7 heteroatoms. The average Bonchev–Trinajstić information content (AvgIpc) is 2.57. The molecule has 0 aromatic carbocycles. The number of anilines is 2. The van der Waals surface area contributed by atoms with E-state index in [9.17, 15) is 0 Å². The van der Waals surface area contributed by atoms with Crippen LogP contribution in [0.2, 0.25) is 0 Å². The van der Waals surface area contributed by atoms with Gasteiger partial charge in [0, 0.05) is 44.1 Å². The Morgan fingerprint density at radius 1 is 1.26 bits per heavy atom. The van der Waals surface area contributed by atoms with Gasteiger partial charge < -0.3 is 11.1 Å². The SMILES string of the molecule is CSc1nc(N)cc(NC2CCN(Cc3ccncc3)CC2)n1. The lowest BCUT2D eigenvalue weighted by atomic mass is 10.0. The maximum Gasteiger partial charge on any atom is 0.191 e. The maximum atomic E-state index is 5.83. The third kappa shape index (κ3) is 4.56. The van der Waals surface area contributed by atoms with Crippen molar-refractivity contribution < 1.29 is 0 Å². The molecule has 3 rings (SSSR count). The lowest BCUT2D eigenvalue weighted by Gasteiger charge is -2.32. The molecular formula is C16H22N6S. The van der Waals surface area contributed by atoms with Gasteiger partial charge in [-0.3, -0.25) is 9.88 Å². The summed E-state index contributed by atoms with van der Waals surface area (Å²) in [5, 5.41) is 4.21. The fourth-order valence-electron chi connectivity index (χ4n) is 2.80. The molecule has 122 valence electrons. The average molecular weight is 330 g/mol. The van der Waals surface area contributed by atoms with Gasteiger partial charge in [0.2, 0.25) is 0 Å². The Morgan fingerprint density at radius 3 is 2.70 bits per heavy atom. The van der Waals surface area contributed by atoms with E-state index >= 15 is 0 Å². The molecule has 0 saturated carbocycles. The van der Waals surface area contributed by atoms with Crippen LogP contribution in [-0.4, -0.2) is 45.2 Å². The number of pyridine rings is 1. The number of nitrogens with one attached hydrogen (secondary N) is 1. The summed E-state index contributed by atoms with van der Waals surface area (Å²) >= 11 is 1.51. The fourth-order valence-corrected chi connectivity index (χ4v) is 3.19. The first-order chi connectivity index (χ1) is 11.2. The van der Waals surface area contributed by atoms with Crippen LogP contribution in [0.15, 0.2) is 35.7 Å². The van der Waals surface area contributed by atoms with Gasteiger partial charge in [-0.25, -0.2) is 9.97 Å². The zero-order valence-corrected chi connectivity index (χ0v) is 14.1. The van der Waals surface area contributed by atoms with Gasteiger partial charge >= 0.3 is 0 Å². The summed E-state index contributed by atoms with van der Waals surface area (Å²) in [5.74, 6) is 1.34. The third-order valence-electron chi connectivity index (χ3n) is 4.00. The Hall–Kier alpha value is -1.86. The van der Waals surface area contributed by atoms with Gasteiger partial charge in [-0.15, -0.1) is 0 Å². The quantitative estimate of drug-likeness (QED) is 0.643. The Bertz CT molecular complexity index is 628. The Kier molecular flexibility index (Phi) is 5.30. The van der Waals surface area contributed by atoms with Gasteiger partial charge in [-0.1, -0.05) is 11.8 Å². The van der Waals surface area contributed by atoms with Crippen molar-refractivity contribution in [2.45, 2.75) is 30.6 Å². The number of hydrogen-bond donors (Lipinski definition) is 2. The Morgan fingerprint density at radius 2 is 2.00 bits per heavy atom. The number of nitrogens with zero attached hydrogens (tertiary/aromatic N) is 4. The van der Waals surface area contributed by atoms with Gasteiger partial charge in [0.15, 0.2) is 5.16 Å². The lowest BCUT2D eigenvalue weighted by molar-refractivity contribution is 0.211. The summed E-state index contributed by atoms with van der Waals surface area (Å²) in [6.07, 6.45) is 7.86. The summed E-state index contributed by atoms with van der Waals surface area (Å²) < 4.78 is 0. The molecule has 0 atom stereocenters. The second kappa shape index (κ2) is 7.61. The number of piperidine rings is 1. The number of hydrogen-bond acceptors (Lipinski definition) is 7. The zero-order valence-electron chi connectivity index (χ0n) is 13.3. The number of thioether (sulfide) groups is 1. The van der Waals surface area contributed by atoms with E-state index in [1.54, 1.807) is 0 Å². The fraction of sp³-hybridized carbons (Fsp3) is 0.438. The first kappa shape index (κ1) is 16.0. The molecule has 1 aliphatic heterocycles.